The second-order valence-corrected chi connectivity index (χ2v) is 4.12. The van der Waals surface area contributed by atoms with Crippen molar-refractivity contribution in [3.63, 3.8) is 0 Å². The predicted molar refractivity (Wildman–Crippen MR) is 60.7 cm³/mol. The van der Waals surface area contributed by atoms with E-state index in [1.54, 1.807) is 11.9 Å². The van der Waals surface area contributed by atoms with Crippen molar-refractivity contribution in [2.75, 3.05) is 23.8 Å². The van der Waals surface area contributed by atoms with Gasteiger partial charge in [-0.15, -0.1) is 0 Å². The Bertz CT molecular complexity index is 378. The Kier molecular flexibility index (Phi) is 2.46. The minimum absolute atomic E-state index is 0.148. The molecule has 0 unspecified atom stereocenters. The molecule has 1 amide bonds. The molecule has 74 valence electrons. The zero-order valence-electron chi connectivity index (χ0n) is 7.88. The predicted octanol–water partition coefficient (Wildman–Crippen LogP) is 2.23. The van der Waals surface area contributed by atoms with Gasteiger partial charge in [-0.3, -0.25) is 4.79 Å². The number of anilines is 2. The maximum atomic E-state index is 11.6. The van der Waals surface area contributed by atoms with E-state index in [-0.39, 0.29) is 5.91 Å². The van der Waals surface area contributed by atoms with Crippen LogP contribution in [-0.4, -0.2) is 19.5 Å². The average molecular weight is 255 g/mol. The number of carbonyl (C=O) groups is 1. The van der Waals surface area contributed by atoms with Gasteiger partial charge in [0.25, 0.3) is 0 Å². The summed E-state index contributed by atoms with van der Waals surface area (Å²) in [5.74, 6) is 0.148. The first kappa shape index (κ1) is 9.52. The van der Waals surface area contributed by atoms with E-state index in [9.17, 15) is 4.79 Å². The first-order valence-electron chi connectivity index (χ1n) is 4.49. The van der Waals surface area contributed by atoms with Crippen molar-refractivity contribution in [3.8, 4) is 0 Å². The van der Waals surface area contributed by atoms with Crippen molar-refractivity contribution in [2.45, 2.75) is 6.42 Å². The number of para-hydroxylation sites is 1. The second kappa shape index (κ2) is 3.61. The van der Waals surface area contributed by atoms with Gasteiger partial charge in [0.15, 0.2) is 0 Å². The molecular weight excluding hydrogens is 244 g/mol. The molecule has 0 spiro atoms. The van der Waals surface area contributed by atoms with E-state index in [4.69, 9.17) is 0 Å². The highest BCUT2D eigenvalue weighted by Crippen LogP contribution is 2.34. The van der Waals surface area contributed by atoms with E-state index in [0.29, 0.717) is 13.0 Å². The third kappa shape index (κ3) is 1.50. The van der Waals surface area contributed by atoms with Crippen LogP contribution in [0.5, 0.6) is 0 Å². The lowest BCUT2D eigenvalue weighted by atomic mass is 10.2. The summed E-state index contributed by atoms with van der Waals surface area (Å²) < 4.78 is 0.997. The van der Waals surface area contributed by atoms with E-state index in [1.807, 2.05) is 18.2 Å². The van der Waals surface area contributed by atoms with Gasteiger partial charge in [-0.25, -0.2) is 0 Å². The highest BCUT2D eigenvalue weighted by Gasteiger charge is 2.19. The third-order valence-corrected chi connectivity index (χ3v) is 3.03. The summed E-state index contributed by atoms with van der Waals surface area (Å²) in [6.07, 6.45) is 0.539. The number of nitrogens with one attached hydrogen (secondary N) is 1. The standard InChI is InChI=1S/C10H11BrN2O/c1-13-8-4-2-3-7(11)10(8)12-6-5-9(13)14/h2-4,12H,5-6H2,1H3. The van der Waals surface area contributed by atoms with E-state index >= 15 is 0 Å². The Hall–Kier alpha value is -1.03. The molecule has 1 aliphatic heterocycles. The summed E-state index contributed by atoms with van der Waals surface area (Å²) in [6.45, 7) is 0.693. The summed E-state index contributed by atoms with van der Waals surface area (Å²) >= 11 is 3.46. The van der Waals surface area contributed by atoms with E-state index < -0.39 is 0 Å². The maximum Gasteiger partial charge on any atom is 0.228 e. The van der Waals surface area contributed by atoms with E-state index in [0.717, 1.165) is 15.8 Å². The number of amides is 1. The molecule has 0 bridgehead atoms. The summed E-state index contributed by atoms with van der Waals surface area (Å²) in [7, 11) is 1.81. The van der Waals surface area contributed by atoms with E-state index in [2.05, 4.69) is 21.2 Å². The molecular formula is C10H11BrN2O. The monoisotopic (exact) mass is 254 g/mol. The van der Waals surface area contributed by atoms with Crippen molar-refractivity contribution >= 4 is 33.2 Å². The molecule has 0 atom stereocenters. The van der Waals surface area contributed by atoms with Crippen LogP contribution >= 0.6 is 15.9 Å². The molecule has 0 saturated carbocycles. The van der Waals surface area contributed by atoms with Crippen LogP contribution < -0.4 is 10.2 Å². The van der Waals surface area contributed by atoms with Crippen LogP contribution in [0.15, 0.2) is 22.7 Å². The Morgan fingerprint density at radius 1 is 1.50 bits per heavy atom. The quantitative estimate of drug-likeness (QED) is 0.771. The molecule has 14 heavy (non-hydrogen) atoms. The van der Waals surface area contributed by atoms with Crippen molar-refractivity contribution in [1.29, 1.82) is 0 Å². The molecule has 0 aliphatic carbocycles. The van der Waals surface area contributed by atoms with Gasteiger partial charge in [0.1, 0.15) is 0 Å². The Labute approximate surface area is 91.2 Å². The first-order chi connectivity index (χ1) is 6.70. The van der Waals surface area contributed by atoms with Gasteiger partial charge < -0.3 is 10.2 Å². The number of benzene rings is 1. The molecule has 0 fully saturated rings. The average Bonchev–Trinajstić information content (AvgIpc) is 2.31. The number of fused-ring (bicyclic) bond motifs is 1. The van der Waals surface area contributed by atoms with E-state index in [1.165, 1.54) is 0 Å². The van der Waals surface area contributed by atoms with Gasteiger partial charge in [0, 0.05) is 24.5 Å². The van der Waals surface area contributed by atoms with Crippen molar-refractivity contribution in [3.05, 3.63) is 22.7 Å². The molecule has 1 aromatic rings. The topological polar surface area (TPSA) is 32.3 Å². The van der Waals surface area contributed by atoms with Crippen LogP contribution in [0.4, 0.5) is 11.4 Å². The molecule has 3 nitrogen and oxygen atoms in total. The van der Waals surface area contributed by atoms with Crippen LogP contribution in [0.3, 0.4) is 0 Å². The Balaban J connectivity index is 2.53. The molecule has 1 N–H and O–H groups in total. The minimum atomic E-state index is 0.148. The molecule has 0 saturated heterocycles. The van der Waals surface area contributed by atoms with Gasteiger partial charge in [-0.1, -0.05) is 6.07 Å². The lowest BCUT2D eigenvalue weighted by molar-refractivity contribution is -0.118. The third-order valence-electron chi connectivity index (χ3n) is 2.37. The SMILES string of the molecule is CN1C(=O)CCNc2c(Br)cccc21. The fraction of sp³-hybridized carbons (Fsp3) is 0.300. The van der Waals surface area contributed by atoms with Gasteiger partial charge in [0.05, 0.1) is 11.4 Å². The molecule has 1 aliphatic rings. The van der Waals surface area contributed by atoms with Crippen molar-refractivity contribution < 1.29 is 4.79 Å². The van der Waals surface area contributed by atoms with Gasteiger partial charge in [-0.2, -0.15) is 0 Å². The summed E-state index contributed by atoms with van der Waals surface area (Å²) in [5, 5.41) is 3.24. The van der Waals surface area contributed by atoms with Crippen LogP contribution in [0.1, 0.15) is 6.42 Å². The van der Waals surface area contributed by atoms with Gasteiger partial charge >= 0.3 is 0 Å². The number of hydrogen-bond donors (Lipinski definition) is 1. The number of halogens is 1. The number of nitrogens with zero attached hydrogens (tertiary/aromatic N) is 1. The summed E-state index contributed by atoms with van der Waals surface area (Å²) in [6, 6.07) is 5.84. The van der Waals surface area contributed by atoms with Crippen LogP contribution in [0.2, 0.25) is 0 Å². The zero-order chi connectivity index (χ0) is 10.1. The zero-order valence-corrected chi connectivity index (χ0v) is 9.47. The Morgan fingerprint density at radius 2 is 2.29 bits per heavy atom. The molecule has 0 radical (unpaired) electrons. The highest BCUT2D eigenvalue weighted by atomic mass is 79.9. The fourth-order valence-corrected chi connectivity index (χ4v) is 2.06. The lowest BCUT2D eigenvalue weighted by Crippen LogP contribution is -2.25. The smallest absolute Gasteiger partial charge is 0.228 e. The van der Waals surface area contributed by atoms with Crippen LogP contribution in [-0.2, 0) is 4.79 Å². The van der Waals surface area contributed by atoms with Crippen molar-refractivity contribution in [2.24, 2.45) is 0 Å². The fourth-order valence-electron chi connectivity index (χ4n) is 1.56. The maximum absolute atomic E-state index is 11.6. The van der Waals surface area contributed by atoms with Crippen LogP contribution in [0, 0.1) is 0 Å². The summed E-state index contributed by atoms with van der Waals surface area (Å²) in [5.41, 5.74) is 1.93. The summed E-state index contributed by atoms with van der Waals surface area (Å²) in [4.78, 5) is 13.3. The second-order valence-electron chi connectivity index (χ2n) is 3.26. The highest BCUT2D eigenvalue weighted by molar-refractivity contribution is 9.10. The normalized spacial score (nSPS) is 15.9. The molecule has 2 rings (SSSR count). The lowest BCUT2D eigenvalue weighted by Gasteiger charge is -2.17. The molecule has 1 heterocycles. The molecule has 4 heteroatoms. The van der Waals surface area contributed by atoms with Crippen molar-refractivity contribution in [1.82, 2.24) is 0 Å². The van der Waals surface area contributed by atoms with Gasteiger partial charge in [-0.05, 0) is 28.1 Å². The van der Waals surface area contributed by atoms with Gasteiger partial charge in [0.2, 0.25) is 5.91 Å². The number of rotatable bonds is 0. The number of hydrogen-bond acceptors (Lipinski definition) is 2. The molecule has 0 aromatic heterocycles. The first-order valence-corrected chi connectivity index (χ1v) is 5.28. The Morgan fingerprint density at radius 3 is 3.07 bits per heavy atom. The number of carbonyl (C=O) groups excluding carboxylic acids is 1. The van der Waals surface area contributed by atoms with Crippen LogP contribution in [0.25, 0.3) is 0 Å². The minimum Gasteiger partial charge on any atom is -0.382 e. The largest absolute Gasteiger partial charge is 0.382 e. The molecule has 1 aromatic carbocycles.